The van der Waals surface area contributed by atoms with Crippen LogP contribution in [-0.4, -0.2) is 12.2 Å². The highest BCUT2D eigenvalue weighted by molar-refractivity contribution is 5.23. The Labute approximate surface area is 114 Å². The lowest BCUT2D eigenvalue weighted by Crippen LogP contribution is -2.36. The van der Waals surface area contributed by atoms with Crippen molar-refractivity contribution < 1.29 is 13.5 Å². The standard InChI is InChI=1S/C16H21F2O/c1-4-15(11-5-6-19-16(2,3)10-11)12-7-13(17)9-14(18)8-12/h7-9,11,15H,1,4-6,10H2,2-3H3/t11-,15+/m1/s1. The molecule has 105 valence electrons. The van der Waals surface area contributed by atoms with Crippen LogP contribution in [0.15, 0.2) is 18.2 Å². The second-order valence-electron chi connectivity index (χ2n) is 5.96. The van der Waals surface area contributed by atoms with Crippen molar-refractivity contribution >= 4 is 0 Å². The van der Waals surface area contributed by atoms with E-state index in [2.05, 4.69) is 20.8 Å². The number of benzene rings is 1. The molecular formula is C16H21F2O. The van der Waals surface area contributed by atoms with Crippen LogP contribution in [0.4, 0.5) is 8.78 Å². The fraction of sp³-hybridized carbons (Fsp3) is 0.562. The number of ether oxygens (including phenoxy) is 1. The Hall–Kier alpha value is -0.960. The molecule has 0 bridgehead atoms. The van der Waals surface area contributed by atoms with Crippen molar-refractivity contribution in [3.8, 4) is 0 Å². The van der Waals surface area contributed by atoms with Crippen molar-refractivity contribution in [1.82, 2.24) is 0 Å². The van der Waals surface area contributed by atoms with Crippen LogP contribution in [0.3, 0.4) is 0 Å². The lowest BCUT2D eigenvalue weighted by molar-refractivity contribution is -0.0767. The zero-order valence-electron chi connectivity index (χ0n) is 11.6. The van der Waals surface area contributed by atoms with E-state index in [1.165, 1.54) is 12.1 Å². The molecule has 0 amide bonds. The normalized spacial score (nSPS) is 24.2. The summed E-state index contributed by atoms with van der Waals surface area (Å²) >= 11 is 0. The minimum absolute atomic E-state index is 0.0911. The maximum atomic E-state index is 13.4. The molecule has 1 nitrogen and oxygen atoms in total. The van der Waals surface area contributed by atoms with Crippen molar-refractivity contribution in [3.63, 3.8) is 0 Å². The van der Waals surface area contributed by atoms with Gasteiger partial charge in [0, 0.05) is 12.7 Å². The number of halogens is 2. The van der Waals surface area contributed by atoms with Gasteiger partial charge in [-0.3, -0.25) is 0 Å². The second-order valence-corrected chi connectivity index (χ2v) is 5.96. The molecule has 1 aromatic rings. The fourth-order valence-corrected chi connectivity index (χ4v) is 3.09. The molecule has 19 heavy (non-hydrogen) atoms. The molecule has 2 rings (SSSR count). The third-order valence-electron chi connectivity index (χ3n) is 3.93. The monoisotopic (exact) mass is 267 g/mol. The van der Waals surface area contributed by atoms with Gasteiger partial charge in [0.05, 0.1) is 5.60 Å². The molecule has 1 saturated heterocycles. The molecule has 1 radical (unpaired) electrons. The maximum Gasteiger partial charge on any atom is 0.126 e. The summed E-state index contributed by atoms with van der Waals surface area (Å²) in [5.74, 6) is -0.574. The van der Waals surface area contributed by atoms with Crippen molar-refractivity contribution in [2.45, 2.75) is 44.6 Å². The number of hydrogen-bond acceptors (Lipinski definition) is 1. The van der Waals surface area contributed by atoms with Crippen molar-refractivity contribution in [2.24, 2.45) is 5.92 Å². The third kappa shape index (κ3) is 3.53. The highest BCUT2D eigenvalue weighted by Gasteiger charge is 2.33. The van der Waals surface area contributed by atoms with Gasteiger partial charge in [-0.1, -0.05) is 6.92 Å². The second kappa shape index (κ2) is 5.58. The quantitative estimate of drug-likeness (QED) is 0.784. The van der Waals surface area contributed by atoms with E-state index in [1.54, 1.807) is 0 Å². The van der Waals surface area contributed by atoms with E-state index in [1.807, 2.05) is 0 Å². The van der Waals surface area contributed by atoms with Crippen LogP contribution < -0.4 is 0 Å². The largest absolute Gasteiger partial charge is 0.376 e. The Morgan fingerprint density at radius 2 is 1.95 bits per heavy atom. The van der Waals surface area contributed by atoms with Gasteiger partial charge in [-0.15, -0.1) is 0 Å². The zero-order chi connectivity index (χ0) is 14.0. The summed E-state index contributed by atoms with van der Waals surface area (Å²) in [7, 11) is 0. The summed E-state index contributed by atoms with van der Waals surface area (Å²) in [5.41, 5.74) is 0.553. The van der Waals surface area contributed by atoms with Crippen LogP contribution in [0.1, 0.15) is 44.6 Å². The van der Waals surface area contributed by atoms with Gasteiger partial charge in [-0.05, 0) is 62.6 Å². The fourth-order valence-electron chi connectivity index (χ4n) is 3.09. The Kier molecular flexibility index (Phi) is 4.24. The van der Waals surface area contributed by atoms with Gasteiger partial charge in [-0.2, -0.15) is 0 Å². The van der Waals surface area contributed by atoms with Crippen LogP contribution in [-0.2, 0) is 4.74 Å². The van der Waals surface area contributed by atoms with Gasteiger partial charge < -0.3 is 4.74 Å². The molecule has 1 heterocycles. The first-order valence-corrected chi connectivity index (χ1v) is 6.80. The zero-order valence-corrected chi connectivity index (χ0v) is 11.6. The molecule has 1 aliphatic heterocycles. The first kappa shape index (κ1) is 14.4. The van der Waals surface area contributed by atoms with Crippen LogP contribution >= 0.6 is 0 Å². The Bertz CT molecular complexity index is 422. The first-order valence-electron chi connectivity index (χ1n) is 6.80. The smallest absolute Gasteiger partial charge is 0.126 e. The van der Waals surface area contributed by atoms with Crippen LogP contribution in [0.2, 0.25) is 0 Å². The van der Waals surface area contributed by atoms with E-state index in [9.17, 15) is 8.78 Å². The molecule has 2 atom stereocenters. The number of hydrogen-bond donors (Lipinski definition) is 0. The highest BCUT2D eigenvalue weighted by atomic mass is 19.1. The molecule has 1 fully saturated rings. The molecular weight excluding hydrogens is 246 g/mol. The van der Waals surface area contributed by atoms with Crippen molar-refractivity contribution in [3.05, 3.63) is 42.3 Å². The molecule has 0 aliphatic carbocycles. The Balaban J connectivity index is 2.23. The average molecular weight is 267 g/mol. The third-order valence-corrected chi connectivity index (χ3v) is 3.93. The lowest BCUT2D eigenvalue weighted by atomic mass is 9.75. The van der Waals surface area contributed by atoms with E-state index >= 15 is 0 Å². The molecule has 0 N–H and O–H groups in total. The molecule has 1 aromatic carbocycles. The molecule has 3 heteroatoms. The van der Waals surface area contributed by atoms with E-state index in [4.69, 9.17) is 4.74 Å². The molecule has 0 spiro atoms. The van der Waals surface area contributed by atoms with Gasteiger partial charge in [0.2, 0.25) is 0 Å². The minimum Gasteiger partial charge on any atom is -0.376 e. The van der Waals surface area contributed by atoms with Crippen molar-refractivity contribution in [1.29, 1.82) is 0 Å². The predicted octanol–water partition coefficient (Wildman–Crippen LogP) is 4.48. The summed E-state index contributed by atoms with van der Waals surface area (Å²) in [6.45, 7) is 8.78. The van der Waals surface area contributed by atoms with E-state index in [0.29, 0.717) is 18.9 Å². The summed E-state index contributed by atoms with van der Waals surface area (Å²) in [6.07, 6.45) is 2.46. The Morgan fingerprint density at radius 1 is 1.32 bits per heavy atom. The van der Waals surface area contributed by atoms with Crippen LogP contribution in [0.25, 0.3) is 0 Å². The topological polar surface area (TPSA) is 9.23 Å². The van der Waals surface area contributed by atoms with Gasteiger partial charge >= 0.3 is 0 Å². The summed E-state index contributed by atoms with van der Waals surface area (Å²) in [4.78, 5) is 0. The van der Waals surface area contributed by atoms with Crippen LogP contribution in [0, 0.1) is 24.5 Å². The minimum atomic E-state index is -0.514. The summed E-state index contributed by atoms with van der Waals surface area (Å²) in [5, 5.41) is 0. The maximum absolute atomic E-state index is 13.4. The molecule has 0 saturated carbocycles. The lowest BCUT2D eigenvalue weighted by Gasteiger charge is -2.39. The van der Waals surface area contributed by atoms with Crippen LogP contribution in [0.5, 0.6) is 0 Å². The van der Waals surface area contributed by atoms with Gasteiger partial charge in [0.25, 0.3) is 0 Å². The van der Waals surface area contributed by atoms with Gasteiger partial charge in [0.1, 0.15) is 11.6 Å². The predicted molar refractivity (Wildman–Crippen MR) is 71.8 cm³/mol. The Morgan fingerprint density at radius 3 is 2.47 bits per heavy atom. The van der Waals surface area contributed by atoms with E-state index in [-0.39, 0.29) is 11.5 Å². The molecule has 1 aliphatic rings. The molecule has 0 unspecified atom stereocenters. The summed E-state index contributed by atoms with van der Waals surface area (Å²) < 4.78 is 32.4. The molecule has 0 aromatic heterocycles. The summed E-state index contributed by atoms with van der Waals surface area (Å²) in [6, 6.07) is 3.78. The first-order chi connectivity index (χ1) is 8.91. The van der Waals surface area contributed by atoms with Gasteiger partial charge in [0.15, 0.2) is 0 Å². The average Bonchev–Trinajstić information content (AvgIpc) is 2.27. The SMILES string of the molecule is [CH2]C[C@H](c1cc(F)cc(F)c1)[C@@H]1CCOC(C)(C)C1. The number of rotatable bonds is 3. The van der Waals surface area contributed by atoms with E-state index < -0.39 is 11.6 Å². The van der Waals surface area contributed by atoms with E-state index in [0.717, 1.165) is 24.5 Å². The highest BCUT2D eigenvalue weighted by Crippen LogP contribution is 2.40. The van der Waals surface area contributed by atoms with Gasteiger partial charge in [-0.25, -0.2) is 8.78 Å². The van der Waals surface area contributed by atoms with Crippen molar-refractivity contribution in [2.75, 3.05) is 6.61 Å².